The van der Waals surface area contributed by atoms with E-state index >= 15 is 13.2 Å². The maximum absolute atomic E-state index is 15.7. The van der Waals surface area contributed by atoms with E-state index in [4.69, 9.17) is 4.98 Å². The number of aromatic nitrogens is 4. The molecule has 0 radical (unpaired) electrons. The molecule has 8 rings (SSSR count). The number of rotatable bonds is 4. The predicted molar refractivity (Wildman–Crippen MR) is 168 cm³/mol. The minimum absolute atomic E-state index is 0.0866. The molecular formula is C34H35F6N7O2. The van der Waals surface area contributed by atoms with E-state index < -0.39 is 72.5 Å². The largest absolute Gasteiger partial charge is 0.348 e. The fourth-order valence-corrected chi connectivity index (χ4v) is 7.49. The number of nitrogens with zero attached hydrogens (tertiary/aromatic N) is 4. The number of carbonyl (C=O) groups is 2. The molecular weight excluding hydrogens is 652 g/mol. The summed E-state index contributed by atoms with van der Waals surface area (Å²) in [7, 11) is 0. The zero-order valence-electron chi connectivity index (χ0n) is 26.6. The van der Waals surface area contributed by atoms with Crippen LogP contribution in [-0.2, 0) is 11.3 Å². The summed E-state index contributed by atoms with van der Waals surface area (Å²) < 4.78 is 93.6. The summed E-state index contributed by atoms with van der Waals surface area (Å²) in [5, 5.41) is 8.72. The summed E-state index contributed by atoms with van der Waals surface area (Å²) in [4.78, 5) is 35.3. The Balaban J connectivity index is 1.22. The molecule has 0 unspecified atom stereocenters. The van der Waals surface area contributed by atoms with Crippen LogP contribution in [-0.4, -0.2) is 68.1 Å². The molecule has 5 heterocycles. The van der Waals surface area contributed by atoms with Gasteiger partial charge in [0.15, 0.2) is 5.82 Å². The minimum atomic E-state index is -3.33. The predicted octanol–water partition coefficient (Wildman–Crippen LogP) is 5.83. The third kappa shape index (κ3) is 5.63. The highest BCUT2D eigenvalue weighted by Gasteiger charge is 2.71. The molecule has 4 aromatic rings. The number of imidazole rings is 1. The molecule has 0 spiro atoms. The lowest BCUT2D eigenvalue weighted by molar-refractivity contribution is -0.125. The van der Waals surface area contributed by atoms with Crippen LogP contribution in [0.25, 0.3) is 33.6 Å². The number of hydrogen-bond donors (Lipinski definition) is 3. The maximum Gasteiger partial charge on any atom is 0.265 e. The molecule has 2 bridgehead atoms. The molecule has 2 aliphatic carbocycles. The van der Waals surface area contributed by atoms with Crippen LogP contribution in [0.4, 0.5) is 26.3 Å². The molecule has 3 N–H and O–H groups in total. The number of pyridine rings is 1. The van der Waals surface area contributed by atoms with Crippen LogP contribution >= 0.6 is 0 Å². The Morgan fingerprint density at radius 1 is 1.06 bits per heavy atom. The zero-order chi connectivity index (χ0) is 34.4. The number of carbonyl (C=O) groups excluding carboxylic acids is 2. The van der Waals surface area contributed by atoms with E-state index in [1.807, 2.05) is 0 Å². The average molecular weight is 688 g/mol. The van der Waals surface area contributed by atoms with Gasteiger partial charge in [-0.3, -0.25) is 9.59 Å². The van der Waals surface area contributed by atoms with Crippen molar-refractivity contribution in [2.45, 2.75) is 88.1 Å². The highest BCUT2D eigenvalue weighted by atomic mass is 19.3. The summed E-state index contributed by atoms with van der Waals surface area (Å²) in [5.74, 6) is -11.6. The minimum Gasteiger partial charge on any atom is -0.348 e. The molecule has 49 heavy (non-hydrogen) atoms. The standard InChI is InChI=1S/C34H35F6N7O2/c1-16-23-7-4-17-11-27(46(29(17)43-23)15-33(37,38)9-2-3-20-28(32(49)42-16)34(20,39)40)30-44-24-12-19(22(36)13-26(24)47(30)18-5-6-18)31(48)45-25-14-41-10-8-21(25)35/h4,7,11-13,16,18,20-21,25,28,41H,2-3,5-6,8-10,14-15H2,1H3,(H,42,49)(H,45,48)/t16-,20-,21+,25+,28+/m1/s1. The fraction of sp³-hybridized carbons (Fsp3) is 0.529. The molecule has 3 aromatic heterocycles. The monoisotopic (exact) mass is 687 g/mol. The topological polar surface area (TPSA) is 106 Å². The van der Waals surface area contributed by atoms with Gasteiger partial charge < -0.3 is 25.1 Å². The summed E-state index contributed by atoms with van der Waals surface area (Å²) in [6.45, 7) is 1.47. The normalized spacial score (nSPS) is 28.2. The van der Waals surface area contributed by atoms with Crippen LogP contribution in [0, 0.1) is 17.7 Å². The van der Waals surface area contributed by atoms with Crippen molar-refractivity contribution in [3.8, 4) is 11.5 Å². The van der Waals surface area contributed by atoms with E-state index in [-0.39, 0.29) is 54.4 Å². The smallest absolute Gasteiger partial charge is 0.265 e. The first-order valence-corrected chi connectivity index (χ1v) is 16.8. The van der Waals surface area contributed by atoms with Crippen molar-refractivity contribution in [1.29, 1.82) is 0 Å². The number of hydrogen-bond acceptors (Lipinski definition) is 5. The van der Waals surface area contributed by atoms with Gasteiger partial charge in [0.05, 0.1) is 46.6 Å². The van der Waals surface area contributed by atoms with Crippen molar-refractivity contribution in [2.75, 3.05) is 13.1 Å². The molecule has 4 aliphatic rings. The molecule has 2 aliphatic heterocycles. The molecule has 2 saturated carbocycles. The number of fused-ring (bicyclic) bond motifs is 3. The molecule has 15 heteroatoms. The Morgan fingerprint density at radius 2 is 1.86 bits per heavy atom. The molecule has 3 fully saturated rings. The molecule has 1 aromatic carbocycles. The Hall–Kier alpha value is -4.14. The number of benzene rings is 1. The zero-order valence-corrected chi connectivity index (χ0v) is 26.6. The Morgan fingerprint density at radius 3 is 2.61 bits per heavy atom. The van der Waals surface area contributed by atoms with Crippen LogP contribution < -0.4 is 16.0 Å². The second-order valence-electron chi connectivity index (χ2n) is 13.9. The van der Waals surface area contributed by atoms with Gasteiger partial charge in [-0.05, 0) is 69.8 Å². The first kappa shape index (κ1) is 32.1. The maximum atomic E-state index is 15.7. The molecule has 5 atom stereocenters. The van der Waals surface area contributed by atoms with Gasteiger partial charge in [0, 0.05) is 36.4 Å². The van der Waals surface area contributed by atoms with Crippen LogP contribution in [0.1, 0.15) is 73.6 Å². The van der Waals surface area contributed by atoms with E-state index in [9.17, 15) is 22.8 Å². The number of halogens is 6. The molecule has 9 nitrogen and oxygen atoms in total. The SMILES string of the molecule is C[C@H]1NC(=O)[C@@H]2[C@@H](CCCC(F)(F)Cn3c(-c4nc5cc(C(=O)N[C@H]6CNCC[C@@H]6F)c(F)cc5n4C4CC4)cc4ccc1nc43)C2(F)F. The summed E-state index contributed by atoms with van der Waals surface area (Å²) in [6, 6.07) is 5.78. The lowest BCUT2D eigenvalue weighted by Gasteiger charge is -2.27. The highest BCUT2D eigenvalue weighted by Crippen LogP contribution is 2.58. The van der Waals surface area contributed by atoms with Gasteiger partial charge in [0.2, 0.25) is 5.91 Å². The van der Waals surface area contributed by atoms with Gasteiger partial charge in [0.1, 0.15) is 23.6 Å². The first-order chi connectivity index (χ1) is 23.3. The average Bonchev–Trinajstić information content (AvgIpc) is 3.89. The van der Waals surface area contributed by atoms with Crippen molar-refractivity contribution >= 4 is 33.9 Å². The van der Waals surface area contributed by atoms with Gasteiger partial charge in [-0.25, -0.2) is 36.3 Å². The van der Waals surface area contributed by atoms with Crippen molar-refractivity contribution in [2.24, 2.45) is 11.8 Å². The Labute approximate surface area is 276 Å². The first-order valence-electron chi connectivity index (χ1n) is 16.8. The van der Waals surface area contributed by atoms with Gasteiger partial charge in [-0.15, -0.1) is 0 Å². The van der Waals surface area contributed by atoms with Crippen LogP contribution in [0.5, 0.6) is 0 Å². The van der Waals surface area contributed by atoms with Gasteiger partial charge >= 0.3 is 0 Å². The molecule has 2 amide bonds. The van der Waals surface area contributed by atoms with E-state index in [2.05, 4.69) is 20.9 Å². The van der Waals surface area contributed by atoms with Gasteiger partial charge in [0.25, 0.3) is 17.8 Å². The van der Waals surface area contributed by atoms with E-state index in [0.29, 0.717) is 28.8 Å². The highest BCUT2D eigenvalue weighted by molar-refractivity contribution is 5.98. The van der Waals surface area contributed by atoms with Gasteiger partial charge in [-0.2, -0.15) is 0 Å². The van der Waals surface area contributed by atoms with E-state index in [0.717, 1.165) is 12.8 Å². The van der Waals surface area contributed by atoms with Crippen molar-refractivity contribution < 1.29 is 35.9 Å². The van der Waals surface area contributed by atoms with Gasteiger partial charge in [-0.1, -0.05) is 0 Å². The third-order valence-corrected chi connectivity index (χ3v) is 10.4. The quantitative estimate of drug-likeness (QED) is 0.234. The van der Waals surface area contributed by atoms with Crippen molar-refractivity contribution in [1.82, 2.24) is 35.1 Å². The third-order valence-electron chi connectivity index (χ3n) is 10.4. The molecule has 1 saturated heterocycles. The van der Waals surface area contributed by atoms with Crippen LogP contribution in [0.2, 0.25) is 0 Å². The number of alkyl halides is 5. The van der Waals surface area contributed by atoms with Crippen LogP contribution in [0.3, 0.4) is 0 Å². The van der Waals surface area contributed by atoms with Crippen molar-refractivity contribution in [3.63, 3.8) is 0 Å². The Bertz CT molecular complexity index is 1990. The number of amides is 2. The van der Waals surface area contributed by atoms with Crippen molar-refractivity contribution in [3.05, 3.63) is 47.4 Å². The summed E-state index contributed by atoms with van der Waals surface area (Å²) in [6.07, 6.45) is -0.660. The number of nitrogens with one attached hydrogen (secondary N) is 3. The van der Waals surface area contributed by atoms with E-state index in [1.54, 1.807) is 29.7 Å². The fourth-order valence-electron chi connectivity index (χ4n) is 7.49. The second-order valence-corrected chi connectivity index (χ2v) is 13.9. The molecule has 260 valence electrons. The lowest BCUT2D eigenvalue weighted by Crippen LogP contribution is -2.52. The lowest BCUT2D eigenvalue weighted by atomic mass is 10.0. The number of piperidine rings is 1. The van der Waals surface area contributed by atoms with Crippen LogP contribution in [0.15, 0.2) is 30.3 Å². The summed E-state index contributed by atoms with van der Waals surface area (Å²) in [5.41, 5.74) is 1.14. The summed E-state index contributed by atoms with van der Waals surface area (Å²) >= 11 is 0. The second kappa shape index (κ2) is 11.5. The van der Waals surface area contributed by atoms with E-state index in [1.165, 1.54) is 16.7 Å². The Kier molecular flexibility index (Phi) is 7.50.